The molecule has 1 rings (SSSR count). The van der Waals surface area contributed by atoms with Crippen molar-refractivity contribution in [3.8, 4) is 0 Å². The summed E-state index contributed by atoms with van der Waals surface area (Å²) >= 11 is 0. The van der Waals surface area contributed by atoms with Crippen molar-refractivity contribution in [1.29, 1.82) is 0 Å². The number of methoxy groups -OCH3 is 1. The van der Waals surface area contributed by atoms with Gasteiger partial charge in [0.1, 0.15) is 0 Å². The van der Waals surface area contributed by atoms with Gasteiger partial charge in [-0.25, -0.2) is 12.7 Å². The summed E-state index contributed by atoms with van der Waals surface area (Å²) < 4.78 is 28.7. The first-order valence-electron chi connectivity index (χ1n) is 5.95. The molecule has 0 radical (unpaired) electrons. The standard InChI is InChI=1S/C11H21NO4S/c1-16-11(13)5-3-4-10-6-8-12(9-7-10)17(2,14)15/h10H,3-9H2,1-2H3. The molecular weight excluding hydrogens is 242 g/mol. The van der Waals surface area contributed by atoms with Gasteiger partial charge < -0.3 is 4.74 Å². The quantitative estimate of drug-likeness (QED) is 0.694. The van der Waals surface area contributed by atoms with Gasteiger partial charge in [-0.15, -0.1) is 0 Å². The number of piperidine rings is 1. The molecule has 0 bridgehead atoms. The van der Waals surface area contributed by atoms with Crippen molar-refractivity contribution < 1.29 is 17.9 Å². The molecule has 17 heavy (non-hydrogen) atoms. The Morgan fingerprint density at radius 3 is 2.41 bits per heavy atom. The Labute approximate surface area is 103 Å². The second kappa shape index (κ2) is 6.35. The van der Waals surface area contributed by atoms with Crippen molar-refractivity contribution >= 4 is 16.0 Å². The fourth-order valence-corrected chi connectivity index (χ4v) is 3.04. The summed E-state index contributed by atoms with van der Waals surface area (Å²) in [5.74, 6) is 0.372. The number of ether oxygens (including phenoxy) is 1. The van der Waals surface area contributed by atoms with Crippen LogP contribution in [-0.2, 0) is 19.6 Å². The third-order valence-corrected chi connectivity index (χ3v) is 4.57. The zero-order chi connectivity index (χ0) is 12.9. The third-order valence-electron chi connectivity index (χ3n) is 3.26. The van der Waals surface area contributed by atoms with Crippen LogP contribution in [-0.4, -0.2) is 45.1 Å². The van der Waals surface area contributed by atoms with E-state index in [1.54, 1.807) is 0 Å². The smallest absolute Gasteiger partial charge is 0.305 e. The SMILES string of the molecule is COC(=O)CCCC1CCN(S(C)(=O)=O)CC1. The minimum atomic E-state index is -3.03. The molecule has 1 heterocycles. The molecule has 0 aliphatic carbocycles. The molecular formula is C11H21NO4S. The van der Waals surface area contributed by atoms with E-state index in [1.807, 2.05) is 0 Å². The molecule has 0 unspecified atom stereocenters. The Balaban J connectivity index is 2.22. The summed E-state index contributed by atoms with van der Waals surface area (Å²) in [4.78, 5) is 10.9. The van der Waals surface area contributed by atoms with Crippen LogP contribution in [0.3, 0.4) is 0 Å². The lowest BCUT2D eigenvalue weighted by atomic mass is 9.92. The van der Waals surface area contributed by atoms with Crippen molar-refractivity contribution in [1.82, 2.24) is 4.31 Å². The largest absolute Gasteiger partial charge is 0.469 e. The molecule has 100 valence electrons. The van der Waals surface area contributed by atoms with E-state index in [9.17, 15) is 13.2 Å². The van der Waals surface area contributed by atoms with Crippen LogP contribution in [0.4, 0.5) is 0 Å². The van der Waals surface area contributed by atoms with Gasteiger partial charge in [0.05, 0.1) is 13.4 Å². The predicted octanol–water partition coefficient (Wildman–Crippen LogP) is 1.00. The van der Waals surface area contributed by atoms with Gasteiger partial charge in [0.25, 0.3) is 0 Å². The summed E-state index contributed by atoms with van der Waals surface area (Å²) in [6, 6.07) is 0. The number of rotatable bonds is 5. The Morgan fingerprint density at radius 1 is 1.35 bits per heavy atom. The molecule has 0 aromatic heterocycles. The minimum absolute atomic E-state index is 0.168. The molecule has 0 amide bonds. The van der Waals surface area contributed by atoms with E-state index >= 15 is 0 Å². The fourth-order valence-electron chi connectivity index (χ4n) is 2.17. The van der Waals surface area contributed by atoms with Gasteiger partial charge in [-0.2, -0.15) is 0 Å². The molecule has 6 heteroatoms. The van der Waals surface area contributed by atoms with E-state index in [-0.39, 0.29) is 5.97 Å². The topological polar surface area (TPSA) is 63.7 Å². The van der Waals surface area contributed by atoms with Gasteiger partial charge in [-0.05, 0) is 31.6 Å². The van der Waals surface area contributed by atoms with Crippen LogP contribution in [0.25, 0.3) is 0 Å². The van der Waals surface area contributed by atoms with Crippen LogP contribution < -0.4 is 0 Å². The van der Waals surface area contributed by atoms with E-state index in [0.29, 0.717) is 25.4 Å². The van der Waals surface area contributed by atoms with Crippen molar-refractivity contribution in [2.24, 2.45) is 5.92 Å². The third kappa shape index (κ3) is 5.04. The lowest BCUT2D eigenvalue weighted by Gasteiger charge is -2.30. The molecule has 1 aliphatic rings. The maximum Gasteiger partial charge on any atom is 0.305 e. The average Bonchev–Trinajstić information content (AvgIpc) is 2.28. The second-order valence-electron chi connectivity index (χ2n) is 4.57. The first kappa shape index (κ1) is 14.4. The molecule has 0 aromatic rings. The summed E-state index contributed by atoms with van der Waals surface area (Å²) in [5.41, 5.74) is 0. The van der Waals surface area contributed by atoms with Crippen LogP contribution in [0, 0.1) is 5.92 Å². The van der Waals surface area contributed by atoms with Gasteiger partial charge in [0.2, 0.25) is 10.0 Å². The predicted molar refractivity (Wildman–Crippen MR) is 65.0 cm³/mol. The zero-order valence-corrected chi connectivity index (χ0v) is 11.3. The van der Waals surface area contributed by atoms with E-state index in [1.165, 1.54) is 17.7 Å². The Kier molecular flexibility index (Phi) is 5.39. The molecule has 0 aromatic carbocycles. The first-order valence-corrected chi connectivity index (χ1v) is 7.80. The van der Waals surface area contributed by atoms with Gasteiger partial charge >= 0.3 is 5.97 Å². The number of hydrogen-bond acceptors (Lipinski definition) is 4. The van der Waals surface area contributed by atoms with Crippen LogP contribution in [0.5, 0.6) is 0 Å². The van der Waals surface area contributed by atoms with E-state index in [0.717, 1.165) is 25.7 Å². The normalized spacial score (nSPS) is 19.2. The minimum Gasteiger partial charge on any atom is -0.469 e. The van der Waals surface area contributed by atoms with Crippen LogP contribution in [0.1, 0.15) is 32.1 Å². The molecule has 1 fully saturated rings. The maximum absolute atomic E-state index is 11.3. The van der Waals surface area contributed by atoms with Crippen molar-refractivity contribution in [3.05, 3.63) is 0 Å². The number of carbonyl (C=O) groups is 1. The van der Waals surface area contributed by atoms with E-state index in [4.69, 9.17) is 0 Å². The summed E-state index contributed by atoms with van der Waals surface area (Å²) in [6.45, 7) is 1.23. The molecule has 0 saturated carbocycles. The molecule has 0 spiro atoms. The van der Waals surface area contributed by atoms with E-state index in [2.05, 4.69) is 4.74 Å². The van der Waals surface area contributed by atoms with Gasteiger partial charge in [-0.3, -0.25) is 4.79 Å². The second-order valence-corrected chi connectivity index (χ2v) is 6.56. The van der Waals surface area contributed by atoms with Crippen molar-refractivity contribution in [3.63, 3.8) is 0 Å². The highest BCUT2D eigenvalue weighted by Crippen LogP contribution is 2.23. The number of sulfonamides is 1. The number of nitrogens with zero attached hydrogens (tertiary/aromatic N) is 1. The summed E-state index contributed by atoms with van der Waals surface area (Å²) in [7, 11) is -1.63. The summed E-state index contributed by atoms with van der Waals surface area (Å²) in [5, 5.41) is 0. The van der Waals surface area contributed by atoms with Gasteiger partial charge in [-0.1, -0.05) is 0 Å². The Morgan fingerprint density at radius 2 is 1.94 bits per heavy atom. The Hall–Kier alpha value is -0.620. The lowest BCUT2D eigenvalue weighted by molar-refractivity contribution is -0.140. The van der Waals surface area contributed by atoms with Crippen LogP contribution in [0.2, 0.25) is 0 Å². The van der Waals surface area contributed by atoms with Crippen molar-refractivity contribution in [2.45, 2.75) is 32.1 Å². The lowest BCUT2D eigenvalue weighted by Crippen LogP contribution is -2.37. The number of hydrogen-bond donors (Lipinski definition) is 0. The highest BCUT2D eigenvalue weighted by molar-refractivity contribution is 7.88. The monoisotopic (exact) mass is 263 g/mol. The fraction of sp³-hybridized carbons (Fsp3) is 0.909. The molecule has 1 saturated heterocycles. The van der Waals surface area contributed by atoms with Crippen molar-refractivity contribution in [2.75, 3.05) is 26.5 Å². The van der Waals surface area contributed by atoms with Crippen LogP contribution in [0.15, 0.2) is 0 Å². The average molecular weight is 263 g/mol. The first-order chi connectivity index (χ1) is 7.93. The maximum atomic E-state index is 11.3. The van der Waals surface area contributed by atoms with Gasteiger partial charge in [0.15, 0.2) is 0 Å². The molecule has 0 atom stereocenters. The zero-order valence-electron chi connectivity index (χ0n) is 10.5. The highest BCUT2D eigenvalue weighted by atomic mass is 32.2. The number of carbonyl (C=O) groups excluding carboxylic acids is 1. The molecule has 5 nitrogen and oxygen atoms in total. The molecule has 0 N–H and O–H groups in total. The summed E-state index contributed by atoms with van der Waals surface area (Å²) in [6.07, 6.45) is 5.32. The Bertz CT molecular complexity index is 344. The van der Waals surface area contributed by atoms with Crippen LogP contribution >= 0.6 is 0 Å². The number of esters is 1. The molecule has 1 aliphatic heterocycles. The van der Waals surface area contributed by atoms with E-state index < -0.39 is 10.0 Å². The van der Waals surface area contributed by atoms with Gasteiger partial charge in [0, 0.05) is 19.5 Å². The highest BCUT2D eigenvalue weighted by Gasteiger charge is 2.24.